The Labute approximate surface area is 162 Å². The zero-order chi connectivity index (χ0) is 19.1. The maximum absolute atomic E-state index is 14.0. The number of morpholine rings is 1. The highest BCUT2D eigenvalue weighted by molar-refractivity contribution is 5.80. The molecule has 1 aromatic rings. The Morgan fingerprint density at radius 1 is 1.15 bits per heavy atom. The fraction of sp³-hybridized carbons (Fsp3) is 0.650. The van der Waals surface area contributed by atoms with Crippen LogP contribution in [-0.4, -0.2) is 87.4 Å². The molecule has 1 atom stereocenters. The van der Waals surface area contributed by atoms with Crippen LogP contribution in [-0.2, 0) is 4.74 Å². The van der Waals surface area contributed by atoms with Crippen LogP contribution in [0.5, 0.6) is 0 Å². The fourth-order valence-corrected chi connectivity index (χ4v) is 3.65. The summed E-state index contributed by atoms with van der Waals surface area (Å²) in [7, 11) is 0. The van der Waals surface area contributed by atoms with Gasteiger partial charge in [0.05, 0.1) is 25.4 Å². The van der Waals surface area contributed by atoms with E-state index in [0.29, 0.717) is 11.7 Å². The van der Waals surface area contributed by atoms with Crippen LogP contribution < -0.4 is 10.2 Å². The molecule has 2 saturated heterocycles. The smallest absolute Gasteiger partial charge is 0.194 e. The molecule has 3 rings (SSSR count). The quantitative estimate of drug-likeness (QED) is 0.624. The van der Waals surface area contributed by atoms with Gasteiger partial charge in [0.2, 0.25) is 0 Å². The molecule has 6 nitrogen and oxygen atoms in total. The van der Waals surface area contributed by atoms with Crippen molar-refractivity contribution in [1.29, 1.82) is 0 Å². The molecule has 0 aromatic heterocycles. The van der Waals surface area contributed by atoms with Gasteiger partial charge < -0.3 is 19.9 Å². The van der Waals surface area contributed by atoms with Crippen molar-refractivity contribution in [3.8, 4) is 0 Å². The first kappa shape index (κ1) is 19.9. The van der Waals surface area contributed by atoms with Crippen LogP contribution >= 0.6 is 0 Å². The number of aliphatic imine (C=N–C) groups is 1. The number of halogens is 1. The monoisotopic (exact) mass is 377 g/mol. The lowest BCUT2D eigenvalue weighted by Crippen LogP contribution is -2.53. The van der Waals surface area contributed by atoms with E-state index in [1.165, 1.54) is 6.07 Å². The third-order valence-corrected chi connectivity index (χ3v) is 5.28. The first-order valence-electron chi connectivity index (χ1n) is 10.0. The molecule has 2 aliphatic rings. The van der Waals surface area contributed by atoms with E-state index in [1.54, 1.807) is 6.07 Å². The zero-order valence-electron chi connectivity index (χ0n) is 16.5. The topological polar surface area (TPSA) is 43.3 Å². The van der Waals surface area contributed by atoms with Gasteiger partial charge in [-0.3, -0.25) is 9.89 Å². The van der Waals surface area contributed by atoms with Gasteiger partial charge in [-0.1, -0.05) is 12.1 Å². The predicted octanol–water partition coefficient (Wildman–Crippen LogP) is 1.63. The van der Waals surface area contributed by atoms with E-state index >= 15 is 0 Å². The number of nitrogens with one attached hydrogen (secondary N) is 1. The summed E-state index contributed by atoms with van der Waals surface area (Å²) in [4.78, 5) is 11.7. The van der Waals surface area contributed by atoms with Gasteiger partial charge in [0.15, 0.2) is 5.96 Å². The predicted molar refractivity (Wildman–Crippen MR) is 108 cm³/mol. The van der Waals surface area contributed by atoms with Crippen LogP contribution in [0.2, 0.25) is 0 Å². The SMILES string of the molecule is CCNC(=NCC(C)N1CCOCC1)N1CCN(c2ccccc2F)CC1. The Kier molecular flexibility index (Phi) is 7.29. The molecule has 0 bridgehead atoms. The Bertz CT molecular complexity index is 612. The van der Waals surface area contributed by atoms with Gasteiger partial charge in [-0.05, 0) is 26.0 Å². The number of hydrogen-bond acceptors (Lipinski definition) is 4. The molecule has 2 heterocycles. The molecule has 0 amide bonds. The number of guanidine groups is 1. The standard InChI is InChI=1S/C20H32FN5O/c1-3-22-20(23-16-17(2)24-12-14-27-15-13-24)26-10-8-25(9-11-26)19-7-5-4-6-18(19)21/h4-7,17H,3,8-16H2,1-2H3,(H,22,23). The molecule has 0 aliphatic carbocycles. The second-order valence-corrected chi connectivity index (χ2v) is 7.12. The number of piperazine rings is 1. The summed E-state index contributed by atoms with van der Waals surface area (Å²) >= 11 is 0. The van der Waals surface area contributed by atoms with Crippen LogP contribution in [0.4, 0.5) is 10.1 Å². The summed E-state index contributed by atoms with van der Waals surface area (Å²) < 4.78 is 19.5. The van der Waals surface area contributed by atoms with E-state index in [0.717, 1.165) is 71.5 Å². The van der Waals surface area contributed by atoms with Gasteiger partial charge in [-0.25, -0.2) is 4.39 Å². The van der Waals surface area contributed by atoms with Crippen molar-refractivity contribution < 1.29 is 9.13 Å². The van der Waals surface area contributed by atoms with Crippen LogP contribution in [0, 0.1) is 5.82 Å². The summed E-state index contributed by atoms with van der Waals surface area (Å²) in [6.45, 7) is 12.8. The molecule has 0 radical (unpaired) electrons. The van der Waals surface area contributed by atoms with Gasteiger partial charge in [-0.15, -0.1) is 0 Å². The zero-order valence-corrected chi connectivity index (χ0v) is 16.5. The van der Waals surface area contributed by atoms with E-state index in [1.807, 2.05) is 12.1 Å². The molecular formula is C20H32FN5O. The lowest BCUT2D eigenvalue weighted by atomic mass is 10.2. The number of para-hydroxylation sites is 1. The Balaban J connectivity index is 1.56. The number of ether oxygens (including phenoxy) is 1. The molecule has 1 N–H and O–H groups in total. The van der Waals surface area contributed by atoms with Crippen molar-refractivity contribution in [3.05, 3.63) is 30.1 Å². The minimum Gasteiger partial charge on any atom is -0.379 e. The molecule has 0 saturated carbocycles. The maximum Gasteiger partial charge on any atom is 0.194 e. The van der Waals surface area contributed by atoms with Crippen molar-refractivity contribution in [3.63, 3.8) is 0 Å². The molecule has 7 heteroatoms. The van der Waals surface area contributed by atoms with E-state index < -0.39 is 0 Å². The first-order chi connectivity index (χ1) is 13.2. The number of anilines is 1. The second-order valence-electron chi connectivity index (χ2n) is 7.12. The second kappa shape index (κ2) is 9.90. The van der Waals surface area contributed by atoms with E-state index in [9.17, 15) is 4.39 Å². The Morgan fingerprint density at radius 2 is 1.85 bits per heavy atom. The van der Waals surface area contributed by atoms with Crippen molar-refractivity contribution in [1.82, 2.24) is 15.1 Å². The summed E-state index contributed by atoms with van der Waals surface area (Å²) in [6.07, 6.45) is 0. The summed E-state index contributed by atoms with van der Waals surface area (Å²) in [5, 5.41) is 3.42. The third-order valence-electron chi connectivity index (χ3n) is 5.28. The van der Waals surface area contributed by atoms with Crippen molar-refractivity contribution in [2.24, 2.45) is 4.99 Å². The van der Waals surface area contributed by atoms with Crippen molar-refractivity contribution >= 4 is 11.6 Å². The van der Waals surface area contributed by atoms with E-state index in [-0.39, 0.29) is 5.82 Å². The molecule has 0 spiro atoms. The van der Waals surface area contributed by atoms with Crippen LogP contribution in [0.15, 0.2) is 29.3 Å². The average molecular weight is 378 g/mol. The van der Waals surface area contributed by atoms with Gasteiger partial charge in [0, 0.05) is 51.9 Å². The lowest BCUT2D eigenvalue weighted by Gasteiger charge is -2.38. The largest absolute Gasteiger partial charge is 0.379 e. The number of benzene rings is 1. The highest BCUT2D eigenvalue weighted by Gasteiger charge is 2.22. The van der Waals surface area contributed by atoms with Crippen molar-refractivity contribution in [2.75, 3.05) is 70.5 Å². The summed E-state index contributed by atoms with van der Waals surface area (Å²) in [6, 6.07) is 7.42. The van der Waals surface area contributed by atoms with Crippen LogP contribution in [0.25, 0.3) is 0 Å². The van der Waals surface area contributed by atoms with Crippen LogP contribution in [0.3, 0.4) is 0 Å². The summed E-state index contributed by atoms with van der Waals surface area (Å²) in [5.41, 5.74) is 0.694. The molecule has 1 unspecified atom stereocenters. The lowest BCUT2D eigenvalue weighted by molar-refractivity contribution is 0.0220. The molecule has 1 aromatic carbocycles. The van der Waals surface area contributed by atoms with Gasteiger partial charge in [0.1, 0.15) is 5.82 Å². The molecule has 150 valence electrons. The van der Waals surface area contributed by atoms with Gasteiger partial charge >= 0.3 is 0 Å². The number of rotatable bonds is 5. The minimum atomic E-state index is -0.147. The highest BCUT2D eigenvalue weighted by Crippen LogP contribution is 2.20. The number of nitrogens with zero attached hydrogens (tertiary/aromatic N) is 4. The maximum atomic E-state index is 14.0. The first-order valence-corrected chi connectivity index (χ1v) is 10.0. The van der Waals surface area contributed by atoms with Gasteiger partial charge in [-0.2, -0.15) is 0 Å². The third kappa shape index (κ3) is 5.32. The Hall–Kier alpha value is -1.86. The Morgan fingerprint density at radius 3 is 2.52 bits per heavy atom. The molecule has 2 fully saturated rings. The average Bonchev–Trinajstić information content (AvgIpc) is 2.72. The fourth-order valence-electron chi connectivity index (χ4n) is 3.65. The van der Waals surface area contributed by atoms with E-state index in [2.05, 4.69) is 33.9 Å². The van der Waals surface area contributed by atoms with Gasteiger partial charge in [0.25, 0.3) is 0 Å². The molecular weight excluding hydrogens is 345 g/mol. The normalized spacial score (nSPS) is 20.6. The van der Waals surface area contributed by atoms with Crippen LogP contribution in [0.1, 0.15) is 13.8 Å². The molecule has 27 heavy (non-hydrogen) atoms. The highest BCUT2D eigenvalue weighted by atomic mass is 19.1. The van der Waals surface area contributed by atoms with Crippen molar-refractivity contribution in [2.45, 2.75) is 19.9 Å². The van der Waals surface area contributed by atoms with E-state index in [4.69, 9.17) is 9.73 Å². The molecule has 2 aliphatic heterocycles. The number of hydrogen-bond donors (Lipinski definition) is 1. The summed E-state index contributed by atoms with van der Waals surface area (Å²) in [5.74, 6) is 0.816. The minimum absolute atomic E-state index is 0.147.